The first-order valence-corrected chi connectivity index (χ1v) is 9.54. The number of rotatable bonds is 2. The summed E-state index contributed by atoms with van der Waals surface area (Å²) in [5.41, 5.74) is 2.41. The molecule has 0 saturated heterocycles. The summed E-state index contributed by atoms with van der Waals surface area (Å²) in [4.78, 5) is 1.48. The lowest BCUT2D eigenvalue weighted by molar-refractivity contribution is 1.49. The van der Waals surface area contributed by atoms with Crippen LogP contribution in [-0.4, -0.2) is 10.1 Å². The third-order valence-electron chi connectivity index (χ3n) is 3.37. The Kier molecular flexibility index (Phi) is 6.80. The second-order valence-electron chi connectivity index (χ2n) is 4.88. The van der Waals surface area contributed by atoms with E-state index in [4.69, 9.17) is 10.8 Å². The summed E-state index contributed by atoms with van der Waals surface area (Å²) in [5.74, 6) is 0. The van der Waals surface area contributed by atoms with E-state index >= 15 is 0 Å². The van der Waals surface area contributed by atoms with Crippen LogP contribution in [0.1, 0.15) is 25.0 Å². The van der Waals surface area contributed by atoms with Gasteiger partial charge >= 0.3 is 0 Å². The summed E-state index contributed by atoms with van der Waals surface area (Å²) in [5, 5.41) is 35.1. The molecule has 6 heteroatoms. The number of benzene rings is 1. The van der Waals surface area contributed by atoms with Gasteiger partial charge < -0.3 is 0 Å². The fraction of sp³-hybridized carbons (Fsp3) is 0.100. The van der Waals surface area contributed by atoms with E-state index in [1.54, 1.807) is 24.3 Å². The maximum Gasteiger partial charge on any atom is 0.101 e. The monoisotopic (exact) mass is 376 g/mol. The van der Waals surface area contributed by atoms with Gasteiger partial charge in [0.15, 0.2) is 0 Å². The summed E-state index contributed by atoms with van der Waals surface area (Å²) >= 11 is 2.50. The van der Waals surface area contributed by atoms with Crippen LogP contribution in [-0.2, 0) is 0 Å². The molecule has 4 nitrogen and oxygen atoms in total. The van der Waals surface area contributed by atoms with Crippen molar-refractivity contribution in [3.8, 4) is 12.1 Å². The SMILES string of the molecule is CC.N#C/C(=C1/C=CC(=N)S1)c1cccc(/C(C#N)=C2\C=CC(=N)S2)c1. The van der Waals surface area contributed by atoms with Gasteiger partial charge in [-0.25, -0.2) is 0 Å². The maximum atomic E-state index is 9.51. The first-order valence-electron chi connectivity index (χ1n) is 7.91. The molecular weight excluding hydrogens is 360 g/mol. The Hall–Kier alpha value is -2.80. The van der Waals surface area contributed by atoms with Gasteiger partial charge in [0.05, 0.1) is 21.2 Å². The summed E-state index contributed by atoms with van der Waals surface area (Å²) in [6.45, 7) is 4.00. The Labute approximate surface area is 161 Å². The topological polar surface area (TPSA) is 95.3 Å². The molecule has 0 aliphatic carbocycles. The summed E-state index contributed by atoms with van der Waals surface area (Å²) in [6.07, 6.45) is 6.85. The van der Waals surface area contributed by atoms with Crippen LogP contribution in [0.5, 0.6) is 0 Å². The van der Waals surface area contributed by atoms with Crippen molar-refractivity contribution >= 4 is 44.8 Å². The van der Waals surface area contributed by atoms with Gasteiger partial charge in [-0.15, -0.1) is 0 Å². The predicted octanol–water partition coefficient (Wildman–Crippen LogP) is 5.74. The average molecular weight is 377 g/mol. The van der Waals surface area contributed by atoms with Crippen molar-refractivity contribution in [2.45, 2.75) is 13.8 Å². The van der Waals surface area contributed by atoms with E-state index in [0.717, 1.165) is 9.81 Å². The molecule has 0 unspecified atom stereocenters. The molecule has 0 saturated carbocycles. The van der Waals surface area contributed by atoms with Gasteiger partial charge in [-0.2, -0.15) is 10.5 Å². The van der Waals surface area contributed by atoms with Crippen molar-refractivity contribution in [1.29, 1.82) is 21.3 Å². The zero-order chi connectivity index (χ0) is 19.1. The van der Waals surface area contributed by atoms with Crippen molar-refractivity contribution in [2.75, 3.05) is 0 Å². The minimum absolute atomic E-state index is 0.403. The van der Waals surface area contributed by atoms with Crippen molar-refractivity contribution in [3.05, 3.63) is 69.5 Å². The number of nitrogens with zero attached hydrogens (tertiary/aromatic N) is 2. The van der Waals surface area contributed by atoms with Gasteiger partial charge in [0.1, 0.15) is 12.1 Å². The Morgan fingerprint density at radius 2 is 1.23 bits per heavy atom. The minimum Gasteiger partial charge on any atom is -0.294 e. The molecular formula is C20H16N4S2. The number of thioether (sulfide) groups is 2. The molecule has 0 radical (unpaired) electrons. The van der Waals surface area contributed by atoms with E-state index in [-0.39, 0.29) is 0 Å². The second kappa shape index (κ2) is 9.05. The Bertz CT molecular complexity index is 891. The van der Waals surface area contributed by atoms with E-state index < -0.39 is 0 Å². The van der Waals surface area contributed by atoms with Gasteiger partial charge in [0.2, 0.25) is 0 Å². The van der Waals surface area contributed by atoms with Gasteiger partial charge in [-0.1, -0.05) is 55.6 Å². The molecule has 0 amide bonds. The van der Waals surface area contributed by atoms with Crippen molar-refractivity contribution < 1.29 is 0 Å². The third kappa shape index (κ3) is 4.23. The van der Waals surface area contributed by atoms with Crippen LogP contribution in [0, 0.1) is 33.5 Å². The maximum absolute atomic E-state index is 9.51. The van der Waals surface area contributed by atoms with Crippen LogP contribution in [0.4, 0.5) is 0 Å². The van der Waals surface area contributed by atoms with Gasteiger partial charge in [0.25, 0.3) is 0 Å². The van der Waals surface area contributed by atoms with Crippen LogP contribution in [0.25, 0.3) is 11.1 Å². The zero-order valence-electron chi connectivity index (χ0n) is 14.3. The number of nitriles is 2. The standard InChI is InChI=1S/C18H10N4S2.C2H6/c19-9-13(15-4-6-17(21)23-15)11-2-1-3-12(8-11)14(10-20)16-5-7-18(22)24-16;1-2/h1-8,21-22H;1-2H3/b15-13+,16-14+,21-17?,22-18?;. The van der Waals surface area contributed by atoms with E-state index in [1.165, 1.54) is 23.5 Å². The van der Waals surface area contributed by atoms with E-state index in [0.29, 0.717) is 32.4 Å². The van der Waals surface area contributed by atoms with Crippen LogP contribution in [0.2, 0.25) is 0 Å². The predicted molar refractivity (Wildman–Crippen MR) is 112 cm³/mol. The molecule has 0 fully saturated rings. The lowest BCUT2D eigenvalue weighted by Crippen LogP contribution is -1.90. The lowest BCUT2D eigenvalue weighted by Gasteiger charge is -2.07. The van der Waals surface area contributed by atoms with Gasteiger partial charge in [-0.05, 0) is 41.5 Å². The fourth-order valence-electron chi connectivity index (χ4n) is 2.30. The molecule has 128 valence electrons. The number of hydrogen-bond acceptors (Lipinski definition) is 6. The quantitative estimate of drug-likeness (QED) is 0.643. The zero-order valence-corrected chi connectivity index (χ0v) is 16.0. The summed E-state index contributed by atoms with van der Waals surface area (Å²) < 4.78 is 0. The van der Waals surface area contributed by atoms with Crippen LogP contribution in [0.15, 0.2) is 58.4 Å². The van der Waals surface area contributed by atoms with Crippen LogP contribution in [0.3, 0.4) is 0 Å². The molecule has 1 aromatic rings. The third-order valence-corrected chi connectivity index (χ3v) is 5.20. The molecule has 1 aromatic carbocycles. The molecule has 0 spiro atoms. The average Bonchev–Trinajstić information content (AvgIpc) is 3.27. The fourth-order valence-corrected chi connectivity index (χ4v) is 3.85. The molecule has 0 atom stereocenters. The smallest absolute Gasteiger partial charge is 0.101 e. The van der Waals surface area contributed by atoms with E-state index in [1.807, 2.05) is 38.1 Å². The lowest BCUT2D eigenvalue weighted by atomic mass is 9.99. The first kappa shape index (κ1) is 19.5. The van der Waals surface area contributed by atoms with Crippen LogP contribution >= 0.6 is 23.5 Å². The van der Waals surface area contributed by atoms with Crippen LogP contribution < -0.4 is 0 Å². The molecule has 0 bridgehead atoms. The highest BCUT2D eigenvalue weighted by Gasteiger charge is 2.17. The van der Waals surface area contributed by atoms with Gasteiger partial charge in [0, 0.05) is 9.81 Å². The summed E-state index contributed by atoms with van der Waals surface area (Å²) in [7, 11) is 0. The largest absolute Gasteiger partial charge is 0.294 e. The molecule has 2 aliphatic heterocycles. The highest BCUT2D eigenvalue weighted by molar-refractivity contribution is 8.18. The molecule has 2 N–H and O–H groups in total. The van der Waals surface area contributed by atoms with Crippen molar-refractivity contribution in [2.24, 2.45) is 0 Å². The molecule has 2 aliphatic rings. The molecule has 3 rings (SSSR count). The first-order chi connectivity index (χ1) is 12.6. The molecule has 2 heterocycles. The Balaban J connectivity index is 0.00000117. The highest BCUT2D eigenvalue weighted by Crippen LogP contribution is 2.36. The molecule has 26 heavy (non-hydrogen) atoms. The van der Waals surface area contributed by atoms with Crippen molar-refractivity contribution in [3.63, 3.8) is 0 Å². The second-order valence-corrected chi connectivity index (χ2v) is 7.05. The van der Waals surface area contributed by atoms with Gasteiger partial charge in [-0.3, -0.25) is 10.8 Å². The highest BCUT2D eigenvalue weighted by atomic mass is 32.2. The number of nitrogens with one attached hydrogen (secondary N) is 2. The van der Waals surface area contributed by atoms with E-state index in [9.17, 15) is 10.5 Å². The number of allylic oxidation sites excluding steroid dienone is 4. The number of hydrogen-bond donors (Lipinski definition) is 2. The van der Waals surface area contributed by atoms with Crippen molar-refractivity contribution in [1.82, 2.24) is 0 Å². The van der Waals surface area contributed by atoms with E-state index in [2.05, 4.69) is 12.1 Å². The normalized spacial score (nSPS) is 18.8. The summed E-state index contributed by atoms with van der Waals surface area (Å²) in [6, 6.07) is 11.7. The Morgan fingerprint density at radius 1 is 0.808 bits per heavy atom. The minimum atomic E-state index is 0.403. The Morgan fingerprint density at radius 3 is 1.54 bits per heavy atom. The molecule has 0 aromatic heterocycles.